The SMILES string of the molecule is C[C@@H]1CS(=O)(=O)N(c2ccc(C(=O)NCCc3ccccc3)cc2)C1=O. The van der Waals surface area contributed by atoms with Crippen molar-refractivity contribution in [3.8, 4) is 0 Å². The Bertz CT molecular complexity index is 908. The van der Waals surface area contributed by atoms with E-state index in [9.17, 15) is 18.0 Å². The zero-order valence-corrected chi connectivity index (χ0v) is 15.2. The van der Waals surface area contributed by atoms with Gasteiger partial charge >= 0.3 is 0 Å². The maximum atomic E-state index is 12.2. The summed E-state index contributed by atoms with van der Waals surface area (Å²) < 4.78 is 25.0. The molecule has 0 spiro atoms. The molecule has 1 N–H and O–H groups in total. The first-order valence-electron chi connectivity index (χ1n) is 8.37. The topological polar surface area (TPSA) is 83.6 Å². The molecule has 136 valence electrons. The number of carbonyl (C=O) groups excluding carboxylic acids is 2. The minimum Gasteiger partial charge on any atom is -0.352 e. The van der Waals surface area contributed by atoms with Crippen LogP contribution < -0.4 is 9.62 Å². The first-order chi connectivity index (χ1) is 12.4. The van der Waals surface area contributed by atoms with Gasteiger partial charge < -0.3 is 5.32 Å². The van der Waals surface area contributed by atoms with E-state index in [0.717, 1.165) is 16.3 Å². The van der Waals surface area contributed by atoms with Gasteiger partial charge in [0.05, 0.1) is 17.4 Å². The van der Waals surface area contributed by atoms with E-state index < -0.39 is 21.8 Å². The van der Waals surface area contributed by atoms with E-state index in [1.807, 2.05) is 30.3 Å². The van der Waals surface area contributed by atoms with Crippen LogP contribution in [0.1, 0.15) is 22.8 Å². The lowest BCUT2D eigenvalue weighted by molar-refractivity contribution is -0.119. The zero-order valence-electron chi connectivity index (χ0n) is 14.4. The minimum atomic E-state index is -3.63. The molecule has 6 nitrogen and oxygen atoms in total. The molecule has 0 aliphatic carbocycles. The van der Waals surface area contributed by atoms with Crippen LogP contribution in [0.25, 0.3) is 0 Å². The van der Waals surface area contributed by atoms with Crippen LogP contribution in [0.2, 0.25) is 0 Å². The quantitative estimate of drug-likeness (QED) is 0.870. The number of nitrogens with one attached hydrogen (secondary N) is 1. The number of sulfonamides is 1. The maximum Gasteiger partial charge on any atom is 0.251 e. The lowest BCUT2D eigenvalue weighted by Crippen LogP contribution is -2.30. The first kappa shape index (κ1) is 18.1. The minimum absolute atomic E-state index is 0.187. The Morgan fingerprint density at radius 3 is 2.35 bits per heavy atom. The Kier molecular flexibility index (Phi) is 5.08. The molecule has 2 aromatic carbocycles. The average molecular weight is 372 g/mol. The van der Waals surface area contributed by atoms with Crippen molar-refractivity contribution in [1.82, 2.24) is 5.32 Å². The third-order valence-corrected chi connectivity index (χ3v) is 6.13. The Labute approximate surface area is 152 Å². The third kappa shape index (κ3) is 3.77. The number of rotatable bonds is 5. The van der Waals surface area contributed by atoms with E-state index in [1.165, 1.54) is 24.3 Å². The van der Waals surface area contributed by atoms with Crippen LogP contribution in [0.5, 0.6) is 0 Å². The van der Waals surface area contributed by atoms with Crippen LogP contribution in [0.15, 0.2) is 54.6 Å². The second-order valence-electron chi connectivity index (χ2n) is 6.32. The molecule has 0 radical (unpaired) electrons. The van der Waals surface area contributed by atoms with Gasteiger partial charge in [0.25, 0.3) is 5.91 Å². The second-order valence-corrected chi connectivity index (χ2v) is 8.18. The van der Waals surface area contributed by atoms with Crippen molar-refractivity contribution in [1.29, 1.82) is 0 Å². The molecule has 7 heteroatoms. The molecule has 0 unspecified atom stereocenters. The van der Waals surface area contributed by atoms with Crippen LogP contribution in [0.4, 0.5) is 5.69 Å². The molecule has 1 heterocycles. The number of benzene rings is 2. The van der Waals surface area contributed by atoms with Gasteiger partial charge in [-0.1, -0.05) is 37.3 Å². The van der Waals surface area contributed by atoms with Gasteiger partial charge in [0.1, 0.15) is 0 Å². The Morgan fingerprint density at radius 1 is 1.12 bits per heavy atom. The van der Waals surface area contributed by atoms with Gasteiger partial charge in [-0.3, -0.25) is 9.59 Å². The van der Waals surface area contributed by atoms with Crippen LogP contribution >= 0.6 is 0 Å². The largest absolute Gasteiger partial charge is 0.352 e. The summed E-state index contributed by atoms with van der Waals surface area (Å²) in [5.41, 5.74) is 1.81. The molecule has 1 aliphatic rings. The highest BCUT2D eigenvalue weighted by Gasteiger charge is 2.41. The summed E-state index contributed by atoms with van der Waals surface area (Å²) in [4.78, 5) is 24.3. The fourth-order valence-electron chi connectivity index (χ4n) is 2.90. The van der Waals surface area contributed by atoms with E-state index in [2.05, 4.69) is 5.32 Å². The molecule has 0 saturated carbocycles. The van der Waals surface area contributed by atoms with Crippen molar-refractivity contribution in [2.75, 3.05) is 16.6 Å². The third-order valence-electron chi connectivity index (χ3n) is 4.27. The number of nitrogens with zero attached hydrogens (tertiary/aromatic N) is 1. The normalized spacial score (nSPS) is 18.7. The van der Waals surface area contributed by atoms with Gasteiger partial charge in [0.15, 0.2) is 0 Å². The first-order valence-corrected chi connectivity index (χ1v) is 9.98. The zero-order chi connectivity index (χ0) is 18.7. The molecular formula is C19H20N2O4S. The van der Waals surface area contributed by atoms with E-state index in [4.69, 9.17) is 0 Å². The van der Waals surface area contributed by atoms with Crippen LogP contribution in [0, 0.1) is 5.92 Å². The molecule has 0 aromatic heterocycles. The van der Waals surface area contributed by atoms with Crippen molar-refractivity contribution in [2.24, 2.45) is 5.92 Å². The highest BCUT2D eigenvalue weighted by molar-refractivity contribution is 7.94. The van der Waals surface area contributed by atoms with Gasteiger partial charge in [-0.2, -0.15) is 0 Å². The molecule has 1 saturated heterocycles. The Morgan fingerprint density at radius 2 is 1.77 bits per heavy atom. The standard InChI is InChI=1S/C19H20N2O4S/c1-14-13-26(24,25)21(19(14)23)17-9-7-16(8-10-17)18(22)20-12-11-15-5-3-2-4-6-15/h2-10,14H,11-13H2,1H3,(H,20,22)/t14-/m1/s1. The number of anilines is 1. The van der Waals surface area contributed by atoms with Crippen LogP contribution in [-0.2, 0) is 21.2 Å². The summed E-state index contributed by atoms with van der Waals surface area (Å²) in [7, 11) is -3.63. The predicted octanol–water partition coefficient (Wildman–Crippen LogP) is 1.97. The van der Waals surface area contributed by atoms with Crippen molar-refractivity contribution in [2.45, 2.75) is 13.3 Å². The summed E-state index contributed by atoms with van der Waals surface area (Å²) in [6, 6.07) is 15.9. The van der Waals surface area contributed by atoms with Gasteiger partial charge in [-0.05, 0) is 36.2 Å². The number of hydrogen-bond acceptors (Lipinski definition) is 4. The molecule has 2 amide bonds. The van der Waals surface area contributed by atoms with Crippen LogP contribution in [-0.4, -0.2) is 32.5 Å². The fraction of sp³-hybridized carbons (Fsp3) is 0.263. The van der Waals surface area contributed by atoms with Gasteiger partial charge in [-0.25, -0.2) is 12.7 Å². The maximum absolute atomic E-state index is 12.2. The average Bonchev–Trinajstić information content (AvgIpc) is 2.83. The van der Waals surface area contributed by atoms with Crippen molar-refractivity contribution in [3.05, 3.63) is 65.7 Å². The van der Waals surface area contributed by atoms with E-state index in [1.54, 1.807) is 6.92 Å². The molecule has 26 heavy (non-hydrogen) atoms. The van der Waals surface area contributed by atoms with Crippen molar-refractivity contribution < 1.29 is 18.0 Å². The summed E-state index contributed by atoms with van der Waals surface area (Å²) >= 11 is 0. The summed E-state index contributed by atoms with van der Waals surface area (Å²) in [6.45, 7) is 2.09. The van der Waals surface area contributed by atoms with E-state index in [0.29, 0.717) is 12.1 Å². The fourth-order valence-corrected chi connectivity index (χ4v) is 4.72. The lowest BCUT2D eigenvalue weighted by atomic mass is 10.1. The van der Waals surface area contributed by atoms with Crippen molar-refractivity contribution in [3.63, 3.8) is 0 Å². The summed E-state index contributed by atoms with van der Waals surface area (Å²) in [5.74, 6) is -1.42. The molecule has 0 bridgehead atoms. The molecular weight excluding hydrogens is 352 g/mol. The van der Waals surface area contributed by atoms with E-state index in [-0.39, 0.29) is 17.3 Å². The van der Waals surface area contributed by atoms with Gasteiger partial charge in [-0.15, -0.1) is 0 Å². The highest BCUT2D eigenvalue weighted by Crippen LogP contribution is 2.28. The number of hydrogen-bond donors (Lipinski definition) is 1. The second kappa shape index (κ2) is 7.29. The Hall–Kier alpha value is -2.67. The molecule has 1 aliphatic heterocycles. The smallest absolute Gasteiger partial charge is 0.251 e. The Balaban J connectivity index is 1.64. The molecule has 1 fully saturated rings. The molecule has 2 aromatic rings. The number of amides is 2. The summed E-state index contributed by atoms with van der Waals surface area (Å²) in [5, 5.41) is 2.83. The van der Waals surface area contributed by atoms with Gasteiger partial charge in [0, 0.05) is 12.1 Å². The monoisotopic (exact) mass is 372 g/mol. The predicted molar refractivity (Wildman–Crippen MR) is 99.4 cm³/mol. The van der Waals surface area contributed by atoms with Crippen molar-refractivity contribution >= 4 is 27.5 Å². The number of carbonyl (C=O) groups is 2. The molecule has 3 rings (SSSR count). The summed E-state index contributed by atoms with van der Waals surface area (Å²) in [6.07, 6.45) is 0.725. The lowest BCUT2D eigenvalue weighted by Gasteiger charge is -2.15. The molecule has 1 atom stereocenters. The van der Waals surface area contributed by atoms with E-state index >= 15 is 0 Å². The van der Waals surface area contributed by atoms with Gasteiger partial charge in [0.2, 0.25) is 15.9 Å². The van der Waals surface area contributed by atoms with Crippen LogP contribution in [0.3, 0.4) is 0 Å². The highest BCUT2D eigenvalue weighted by atomic mass is 32.2.